The van der Waals surface area contributed by atoms with Gasteiger partial charge in [0.25, 0.3) is 11.8 Å². The fraction of sp³-hybridized carbons (Fsp3) is 0.125. The number of fused-ring (bicyclic) bond motifs is 1. The van der Waals surface area contributed by atoms with Crippen LogP contribution in [0.1, 0.15) is 31.8 Å². The van der Waals surface area contributed by atoms with Crippen LogP contribution >= 0.6 is 0 Å². The van der Waals surface area contributed by atoms with Crippen LogP contribution in [-0.4, -0.2) is 28.3 Å². The second kappa shape index (κ2) is 9.05. The van der Waals surface area contributed by atoms with Crippen LogP contribution in [0.5, 0.6) is 0 Å². The molecular weight excluding hydrogens is 376 g/mol. The third kappa shape index (κ3) is 4.55. The van der Waals surface area contributed by atoms with E-state index < -0.39 is 0 Å². The molecule has 0 saturated carbocycles. The summed E-state index contributed by atoms with van der Waals surface area (Å²) in [5.74, 6) is -0.336. The Morgan fingerprint density at radius 3 is 2.23 bits per heavy atom. The molecule has 4 aromatic rings. The maximum atomic E-state index is 12.4. The van der Waals surface area contributed by atoms with Gasteiger partial charge in [0, 0.05) is 53.7 Å². The molecule has 30 heavy (non-hydrogen) atoms. The summed E-state index contributed by atoms with van der Waals surface area (Å²) in [6.45, 7) is 0.965. The van der Waals surface area contributed by atoms with Crippen LogP contribution in [0.2, 0.25) is 0 Å². The van der Waals surface area contributed by atoms with Crippen molar-refractivity contribution in [3.63, 3.8) is 0 Å². The predicted octanol–water partition coefficient (Wildman–Crippen LogP) is 3.47. The summed E-state index contributed by atoms with van der Waals surface area (Å²) in [6, 6.07) is 18.5. The number of hydrogen-bond donors (Lipinski definition) is 3. The molecule has 0 aliphatic rings. The van der Waals surface area contributed by atoms with Gasteiger partial charge in [-0.2, -0.15) is 0 Å². The smallest absolute Gasteiger partial charge is 0.251 e. The fourth-order valence-electron chi connectivity index (χ4n) is 3.31. The van der Waals surface area contributed by atoms with Crippen molar-refractivity contribution in [3.05, 3.63) is 102 Å². The highest BCUT2D eigenvalue weighted by atomic mass is 16.2. The normalized spacial score (nSPS) is 10.7. The molecule has 0 fully saturated rings. The highest BCUT2D eigenvalue weighted by Gasteiger charge is 2.09. The van der Waals surface area contributed by atoms with Crippen molar-refractivity contribution < 1.29 is 9.59 Å². The first-order valence-corrected chi connectivity index (χ1v) is 9.81. The average molecular weight is 398 g/mol. The first-order valence-electron chi connectivity index (χ1n) is 9.81. The van der Waals surface area contributed by atoms with Gasteiger partial charge in [0.05, 0.1) is 0 Å². The molecule has 2 aromatic carbocycles. The minimum atomic E-state index is -0.182. The van der Waals surface area contributed by atoms with Crippen molar-refractivity contribution in [3.8, 4) is 0 Å². The fourth-order valence-corrected chi connectivity index (χ4v) is 3.31. The average Bonchev–Trinajstić information content (AvgIpc) is 3.21. The van der Waals surface area contributed by atoms with Gasteiger partial charge < -0.3 is 15.6 Å². The van der Waals surface area contributed by atoms with E-state index in [9.17, 15) is 9.59 Å². The monoisotopic (exact) mass is 398 g/mol. The van der Waals surface area contributed by atoms with E-state index in [0.29, 0.717) is 24.2 Å². The van der Waals surface area contributed by atoms with E-state index in [4.69, 9.17) is 0 Å². The lowest BCUT2D eigenvalue weighted by molar-refractivity contribution is 0.0940. The van der Waals surface area contributed by atoms with Crippen LogP contribution in [0.3, 0.4) is 0 Å². The van der Waals surface area contributed by atoms with Gasteiger partial charge in [0.1, 0.15) is 0 Å². The standard InChI is InChI=1S/C24H22N4O2/c29-23(26-14-11-20-16-27-22-4-2-1-3-21(20)22)18-5-7-19(8-6-18)24(30)28-15-17-9-12-25-13-10-17/h1-10,12-13,16,27H,11,14-15H2,(H,26,29)(H,28,30). The number of hydrogen-bond acceptors (Lipinski definition) is 3. The highest BCUT2D eigenvalue weighted by molar-refractivity contribution is 5.97. The number of amides is 2. The van der Waals surface area contributed by atoms with Crippen LogP contribution in [0, 0.1) is 0 Å². The largest absolute Gasteiger partial charge is 0.361 e. The van der Waals surface area contributed by atoms with Gasteiger partial charge in [-0.25, -0.2) is 0 Å². The number of carbonyl (C=O) groups is 2. The van der Waals surface area contributed by atoms with Gasteiger partial charge in [-0.3, -0.25) is 14.6 Å². The molecule has 6 heteroatoms. The molecule has 0 aliphatic carbocycles. The highest BCUT2D eigenvalue weighted by Crippen LogP contribution is 2.17. The Balaban J connectivity index is 1.28. The van der Waals surface area contributed by atoms with Gasteiger partial charge in [0.2, 0.25) is 0 Å². The number of nitrogens with zero attached hydrogens (tertiary/aromatic N) is 1. The van der Waals surface area contributed by atoms with Crippen LogP contribution in [0.15, 0.2) is 79.3 Å². The van der Waals surface area contributed by atoms with Crippen LogP contribution in [0.25, 0.3) is 10.9 Å². The number of benzene rings is 2. The molecule has 0 aliphatic heterocycles. The lowest BCUT2D eigenvalue weighted by Crippen LogP contribution is -2.26. The van der Waals surface area contributed by atoms with Gasteiger partial charge in [0.15, 0.2) is 0 Å². The lowest BCUT2D eigenvalue weighted by Gasteiger charge is -2.07. The number of aromatic nitrogens is 2. The number of para-hydroxylation sites is 1. The van der Waals surface area contributed by atoms with E-state index in [1.54, 1.807) is 36.7 Å². The topological polar surface area (TPSA) is 86.9 Å². The summed E-state index contributed by atoms with van der Waals surface area (Å²) in [6.07, 6.45) is 6.10. The van der Waals surface area contributed by atoms with Crippen molar-refractivity contribution >= 4 is 22.7 Å². The molecule has 0 spiro atoms. The third-order valence-electron chi connectivity index (χ3n) is 4.97. The second-order valence-electron chi connectivity index (χ2n) is 6.98. The zero-order chi connectivity index (χ0) is 20.8. The summed E-state index contributed by atoms with van der Waals surface area (Å²) in [7, 11) is 0. The molecule has 3 N–H and O–H groups in total. The molecule has 0 saturated heterocycles. The summed E-state index contributed by atoms with van der Waals surface area (Å²) < 4.78 is 0. The molecule has 0 bridgehead atoms. The zero-order valence-electron chi connectivity index (χ0n) is 16.4. The van der Waals surface area contributed by atoms with E-state index in [2.05, 4.69) is 26.7 Å². The Bertz CT molecular complexity index is 1150. The number of carbonyl (C=O) groups excluding carboxylic acids is 2. The summed E-state index contributed by atoms with van der Waals surface area (Å²) in [4.78, 5) is 31.9. The minimum absolute atomic E-state index is 0.154. The SMILES string of the molecule is O=C(NCCc1c[nH]c2ccccc12)c1ccc(C(=O)NCc2ccncc2)cc1. The molecule has 2 amide bonds. The molecule has 2 heterocycles. The van der Waals surface area contributed by atoms with E-state index in [1.807, 2.05) is 36.5 Å². The first-order chi connectivity index (χ1) is 14.7. The summed E-state index contributed by atoms with van der Waals surface area (Å²) >= 11 is 0. The van der Waals surface area contributed by atoms with E-state index in [0.717, 1.165) is 17.5 Å². The molecule has 0 unspecified atom stereocenters. The lowest BCUT2D eigenvalue weighted by atomic mass is 10.1. The first kappa shape index (κ1) is 19.4. The quantitative estimate of drug-likeness (QED) is 0.446. The van der Waals surface area contributed by atoms with E-state index in [-0.39, 0.29) is 11.8 Å². The Morgan fingerprint density at radius 2 is 1.50 bits per heavy atom. The Morgan fingerprint density at radius 1 is 0.833 bits per heavy atom. The Kier molecular flexibility index (Phi) is 5.85. The molecule has 0 radical (unpaired) electrons. The number of pyridine rings is 1. The van der Waals surface area contributed by atoms with Gasteiger partial charge >= 0.3 is 0 Å². The van der Waals surface area contributed by atoms with Crippen molar-refractivity contribution in [2.24, 2.45) is 0 Å². The molecule has 6 nitrogen and oxygen atoms in total. The molecule has 0 atom stereocenters. The second-order valence-corrected chi connectivity index (χ2v) is 6.98. The molecular formula is C24H22N4O2. The number of rotatable bonds is 7. The van der Waals surface area contributed by atoms with Crippen molar-refractivity contribution in [2.45, 2.75) is 13.0 Å². The molecule has 4 rings (SSSR count). The van der Waals surface area contributed by atoms with Crippen LogP contribution < -0.4 is 10.6 Å². The Labute approximate surface area is 174 Å². The number of aromatic amines is 1. The Hall–Kier alpha value is -3.93. The van der Waals surface area contributed by atoms with Crippen molar-refractivity contribution in [2.75, 3.05) is 6.54 Å². The van der Waals surface area contributed by atoms with Gasteiger partial charge in [-0.05, 0) is 60.0 Å². The number of H-pyrrole nitrogens is 1. The maximum Gasteiger partial charge on any atom is 0.251 e. The van der Waals surface area contributed by atoms with Crippen LogP contribution in [0.4, 0.5) is 0 Å². The summed E-state index contributed by atoms with van der Waals surface area (Å²) in [5, 5.41) is 6.97. The van der Waals surface area contributed by atoms with Crippen molar-refractivity contribution in [1.82, 2.24) is 20.6 Å². The zero-order valence-corrected chi connectivity index (χ0v) is 16.4. The third-order valence-corrected chi connectivity index (χ3v) is 4.97. The molecule has 2 aromatic heterocycles. The van der Waals surface area contributed by atoms with Gasteiger partial charge in [-0.1, -0.05) is 18.2 Å². The molecule has 150 valence electrons. The van der Waals surface area contributed by atoms with Crippen molar-refractivity contribution in [1.29, 1.82) is 0 Å². The van der Waals surface area contributed by atoms with E-state index >= 15 is 0 Å². The predicted molar refractivity (Wildman–Crippen MR) is 116 cm³/mol. The van der Waals surface area contributed by atoms with Crippen LogP contribution in [-0.2, 0) is 13.0 Å². The number of nitrogens with one attached hydrogen (secondary N) is 3. The van der Waals surface area contributed by atoms with Gasteiger partial charge in [-0.15, -0.1) is 0 Å². The summed E-state index contributed by atoms with van der Waals surface area (Å²) in [5.41, 5.74) is 4.28. The van der Waals surface area contributed by atoms with E-state index in [1.165, 1.54) is 10.9 Å². The maximum absolute atomic E-state index is 12.4. The minimum Gasteiger partial charge on any atom is -0.361 e.